The maximum atomic E-state index is 12.9. The van der Waals surface area contributed by atoms with Gasteiger partial charge in [0.15, 0.2) is 6.26 Å². The first-order valence-corrected chi connectivity index (χ1v) is 12.5. The summed E-state index contributed by atoms with van der Waals surface area (Å²) in [5, 5.41) is 0. The van der Waals surface area contributed by atoms with Crippen molar-refractivity contribution in [3.05, 3.63) is 115 Å². The van der Waals surface area contributed by atoms with Gasteiger partial charge in [-0.25, -0.2) is 14.4 Å². The number of carbonyl (C=O) groups excluding carboxylic acids is 3. The molecule has 3 aromatic rings. The average Bonchev–Trinajstić information content (AvgIpc) is 2.96. The summed E-state index contributed by atoms with van der Waals surface area (Å²) in [6.45, 7) is 13.4. The zero-order chi connectivity index (χ0) is 31.0. The highest BCUT2D eigenvalue weighted by atomic mass is 19.3. The van der Waals surface area contributed by atoms with E-state index in [4.69, 9.17) is 18.9 Å². The molecular formula is C33H28F2O7. The summed E-state index contributed by atoms with van der Waals surface area (Å²) in [5.74, 6) is -1.13. The summed E-state index contributed by atoms with van der Waals surface area (Å²) in [6.07, 6.45) is -1.78. The maximum absolute atomic E-state index is 12.9. The third kappa shape index (κ3) is 8.34. The zero-order valence-corrected chi connectivity index (χ0v) is 23.5. The van der Waals surface area contributed by atoms with Gasteiger partial charge in [-0.1, -0.05) is 37.4 Å². The van der Waals surface area contributed by atoms with Gasteiger partial charge in [-0.15, -0.1) is 0 Å². The lowest BCUT2D eigenvalue weighted by molar-refractivity contribution is -0.130. The lowest BCUT2D eigenvalue weighted by atomic mass is 10.0. The number of ether oxygens (including phenoxy) is 4. The molecule has 0 aliphatic carbocycles. The minimum atomic E-state index is -2.06. The van der Waals surface area contributed by atoms with Crippen LogP contribution in [0.1, 0.15) is 33.3 Å². The predicted octanol–water partition coefficient (Wildman–Crippen LogP) is 7.83. The largest absolute Gasteiger partial charge is 0.459 e. The number of hydrogen-bond donors (Lipinski definition) is 0. The van der Waals surface area contributed by atoms with Crippen molar-refractivity contribution in [3.63, 3.8) is 0 Å². The first-order chi connectivity index (χ1) is 19.8. The van der Waals surface area contributed by atoms with Crippen LogP contribution in [0.4, 0.5) is 8.78 Å². The molecule has 0 unspecified atom stereocenters. The van der Waals surface area contributed by atoms with E-state index in [0.29, 0.717) is 33.6 Å². The molecule has 42 heavy (non-hydrogen) atoms. The van der Waals surface area contributed by atoms with Gasteiger partial charge in [0.1, 0.15) is 23.0 Å². The first-order valence-electron chi connectivity index (χ1n) is 12.5. The number of benzene rings is 3. The fourth-order valence-electron chi connectivity index (χ4n) is 3.43. The predicted molar refractivity (Wildman–Crippen MR) is 154 cm³/mol. The van der Waals surface area contributed by atoms with Crippen LogP contribution in [0.5, 0.6) is 23.0 Å². The number of carbonyl (C=O) groups is 3. The lowest BCUT2D eigenvalue weighted by Gasteiger charge is -2.13. The highest BCUT2D eigenvalue weighted by Crippen LogP contribution is 2.35. The number of hydrogen-bond acceptors (Lipinski definition) is 7. The number of halogens is 2. The van der Waals surface area contributed by atoms with Crippen molar-refractivity contribution in [2.24, 2.45) is 0 Å². The SMILES string of the molecule is C=C(C)C(=O)Oc1ccc(/C(C)=C(\C)C(=O)Oc2ccc(-c3ccc(OC(=O)C(=C)C)cc3)c(OC=C(F)F)c2)cc1. The highest BCUT2D eigenvalue weighted by Gasteiger charge is 2.16. The monoisotopic (exact) mass is 574 g/mol. The second-order valence-electron chi connectivity index (χ2n) is 9.21. The summed E-state index contributed by atoms with van der Waals surface area (Å²) < 4.78 is 46.7. The minimum absolute atomic E-state index is 0.00182. The van der Waals surface area contributed by atoms with Crippen molar-refractivity contribution in [2.75, 3.05) is 0 Å². The Balaban J connectivity index is 1.83. The van der Waals surface area contributed by atoms with Crippen LogP contribution in [0.25, 0.3) is 16.7 Å². The molecule has 0 saturated heterocycles. The molecule has 0 saturated carbocycles. The van der Waals surface area contributed by atoms with Crippen LogP contribution in [-0.2, 0) is 14.4 Å². The van der Waals surface area contributed by atoms with Crippen molar-refractivity contribution in [3.8, 4) is 34.1 Å². The fraction of sp³-hybridized carbons (Fsp3) is 0.121. The smallest absolute Gasteiger partial charge is 0.339 e. The Hall–Kier alpha value is -5.31. The molecule has 0 N–H and O–H groups in total. The molecule has 0 fully saturated rings. The molecule has 0 aromatic heterocycles. The summed E-state index contributed by atoms with van der Waals surface area (Å²) in [5.41, 5.74) is 3.08. The van der Waals surface area contributed by atoms with E-state index in [9.17, 15) is 23.2 Å². The van der Waals surface area contributed by atoms with E-state index in [1.165, 1.54) is 31.2 Å². The molecule has 7 nitrogen and oxygen atoms in total. The second kappa shape index (κ2) is 13.8. The van der Waals surface area contributed by atoms with Gasteiger partial charge in [0.25, 0.3) is 0 Å². The maximum Gasteiger partial charge on any atom is 0.339 e. The average molecular weight is 575 g/mol. The third-order valence-corrected chi connectivity index (χ3v) is 5.88. The van der Waals surface area contributed by atoms with E-state index >= 15 is 0 Å². The Morgan fingerprint density at radius 2 is 1.14 bits per heavy atom. The zero-order valence-electron chi connectivity index (χ0n) is 23.5. The molecule has 9 heteroatoms. The van der Waals surface area contributed by atoms with E-state index in [1.807, 2.05) is 0 Å². The third-order valence-electron chi connectivity index (χ3n) is 5.88. The molecule has 216 valence electrons. The Morgan fingerprint density at radius 1 is 0.667 bits per heavy atom. The van der Waals surface area contributed by atoms with Gasteiger partial charge < -0.3 is 18.9 Å². The fourth-order valence-corrected chi connectivity index (χ4v) is 3.43. The second-order valence-corrected chi connectivity index (χ2v) is 9.21. The quantitative estimate of drug-likeness (QED) is 0.106. The molecule has 3 rings (SSSR count). The Labute approximate surface area is 242 Å². The van der Waals surface area contributed by atoms with Crippen LogP contribution < -0.4 is 18.9 Å². The molecular weight excluding hydrogens is 546 g/mol. The van der Waals surface area contributed by atoms with Gasteiger partial charge >= 0.3 is 24.0 Å². The van der Waals surface area contributed by atoms with E-state index < -0.39 is 24.0 Å². The van der Waals surface area contributed by atoms with Crippen LogP contribution in [0, 0.1) is 0 Å². The van der Waals surface area contributed by atoms with Crippen LogP contribution in [0.2, 0.25) is 0 Å². The molecule has 0 heterocycles. The highest BCUT2D eigenvalue weighted by molar-refractivity contribution is 5.98. The summed E-state index contributed by atoms with van der Waals surface area (Å²) in [6, 6.07) is 17.2. The molecule has 0 radical (unpaired) electrons. The van der Waals surface area contributed by atoms with Gasteiger partial charge in [0, 0.05) is 28.3 Å². The topological polar surface area (TPSA) is 88.1 Å². The molecule has 0 atom stereocenters. The van der Waals surface area contributed by atoms with Crippen molar-refractivity contribution < 1.29 is 42.1 Å². The van der Waals surface area contributed by atoms with Crippen molar-refractivity contribution in [1.29, 1.82) is 0 Å². The lowest BCUT2D eigenvalue weighted by Crippen LogP contribution is -2.11. The molecule has 0 aliphatic rings. The minimum Gasteiger partial charge on any atom is -0.459 e. The van der Waals surface area contributed by atoms with E-state index in [0.717, 1.165) is 0 Å². The van der Waals surface area contributed by atoms with E-state index in [1.54, 1.807) is 63.2 Å². The van der Waals surface area contributed by atoms with Gasteiger partial charge in [0.2, 0.25) is 0 Å². The van der Waals surface area contributed by atoms with Crippen LogP contribution >= 0.6 is 0 Å². The number of esters is 3. The summed E-state index contributed by atoms with van der Waals surface area (Å²) in [7, 11) is 0. The van der Waals surface area contributed by atoms with Crippen LogP contribution in [-0.4, -0.2) is 17.9 Å². The molecule has 0 bridgehead atoms. The van der Waals surface area contributed by atoms with Crippen LogP contribution in [0.3, 0.4) is 0 Å². The van der Waals surface area contributed by atoms with Gasteiger partial charge in [-0.2, -0.15) is 8.78 Å². The van der Waals surface area contributed by atoms with E-state index in [2.05, 4.69) is 13.2 Å². The van der Waals surface area contributed by atoms with Gasteiger partial charge in [-0.05, 0) is 80.8 Å². The molecule has 0 amide bonds. The summed E-state index contributed by atoms with van der Waals surface area (Å²) in [4.78, 5) is 36.4. The van der Waals surface area contributed by atoms with Gasteiger partial charge in [-0.3, -0.25) is 0 Å². The summed E-state index contributed by atoms with van der Waals surface area (Å²) >= 11 is 0. The number of rotatable bonds is 10. The van der Waals surface area contributed by atoms with Gasteiger partial charge in [0.05, 0.1) is 0 Å². The standard InChI is InChI=1S/C33H28F2O7/c1-19(2)31(36)40-25-11-7-23(8-12-25)21(5)22(6)33(38)42-27-15-16-28(29(17-27)39-18-30(34)35)24-9-13-26(14-10-24)41-32(37)20(3)4/h7-18H,1,3H2,2,4-6H3/b22-21+. The van der Waals surface area contributed by atoms with Crippen molar-refractivity contribution in [2.45, 2.75) is 27.7 Å². The van der Waals surface area contributed by atoms with Crippen LogP contribution in [0.15, 0.2) is 109 Å². The normalized spacial score (nSPS) is 11.0. The van der Waals surface area contributed by atoms with Crippen molar-refractivity contribution >= 4 is 23.5 Å². The Bertz CT molecular complexity index is 1590. The molecule has 3 aromatic carbocycles. The molecule has 0 spiro atoms. The van der Waals surface area contributed by atoms with E-state index in [-0.39, 0.29) is 34.7 Å². The van der Waals surface area contributed by atoms with Crippen molar-refractivity contribution in [1.82, 2.24) is 0 Å². The Kier molecular flexibility index (Phi) is 10.3. The Morgan fingerprint density at radius 3 is 1.64 bits per heavy atom. The number of allylic oxidation sites excluding steroid dienone is 1. The first kappa shape index (κ1) is 31.2. The molecule has 0 aliphatic heterocycles.